The van der Waals surface area contributed by atoms with Gasteiger partial charge >= 0.3 is 0 Å². The number of nitrogens with one attached hydrogen (secondary N) is 2. The number of carbonyl (C=O) groups is 1. The third-order valence-corrected chi connectivity index (χ3v) is 6.18. The van der Waals surface area contributed by atoms with Gasteiger partial charge in [0.2, 0.25) is 11.0 Å². The van der Waals surface area contributed by atoms with E-state index in [4.69, 9.17) is 4.74 Å². The highest BCUT2D eigenvalue weighted by Crippen LogP contribution is 2.29. The predicted molar refractivity (Wildman–Crippen MR) is 119 cm³/mol. The van der Waals surface area contributed by atoms with Crippen LogP contribution in [-0.4, -0.2) is 27.9 Å². The molecule has 3 aromatic rings. The van der Waals surface area contributed by atoms with E-state index in [2.05, 4.69) is 34.7 Å². The van der Waals surface area contributed by atoms with Crippen molar-refractivity contribution in [1.82, 2.24) is 15.5 Å². The Bertz CT molecular complexity index is 914. The Morgan fingerprint density at radius 1 is 1.03 bits per heavy atom. The first kappa shape index (κ1) is 21.1. The number of nitrogens with zero attached hydrogens (tertiary/aromatic N) is 2. The summed E-state index contributed by atoms with van der Waals surface area (Å²) in [6, 6.07) is 17.4. The monoisotopic (exact) mass is 428 g/mol. The van der Waals surface area contributed by atoms with E-state index in [9.17, 15) is 4.79 Å². The van der Waals surface area contributed by atoms with Crippen molar-refractivity contribution < 1.29 is 9.53 Å². The minimum atomic E-state index is 0.00918. The standard InChI is InChI=1S/C21H24N4O2S2/c1-14(2)15(3)22-19(26)13-28-21-25-24-20(29-21)23-16-9-11-18(12-10-16)27-17-7-5-4-6-8-17/h4-12,14-15H,13H2,1-3H3,(H,22,26)(H,23,24)/t15-/m1/s1. The molecule has 0 fully saturated rings. The number of amides is 1. The molecular weight excluding hydrogens is 404 g/mol. The van der Waals surface area contributed by atoms with Gasteiger partial charge in [-0.25, -0.2) is 0 Å². The lowest BCUT2D eigenvalue weighted by Crippen LogP contribution is -2.37. The van der Waals surface area contributed by atoms with Gasteiger partial charge in [-0.2, -0.15) is 0 Å². The number of hydrogen-bond acceptors (Lipinski definition) is 7. The first-order chi connectivity index (χ1) is 14.0. The molecule has 0 aliphatic heterocycles. The third kappa shape index (κ3) is 6.76. The summed E-state index contributed by atoms with van der Waals surface area (Å²) in [6.45, 7) is 6.18. The van der Waals surface area contributed by atoms with Gasteiger partial charge < -0.3 is 15.4 Å². The summed E-state index contributed by atoms with van der Waals surface area (Å²) in [6.07, 6.45) is 0. The first-order valence-electron chi connectivity index (χ1n) is 9.35. The smallest absolute Gasteiger partial charge is 0.230 e. The molecule has 0 radical (unpaired) electrons. The largest absolute Gasteiger partial charge is 0.457 e. The van der Waals surface area contributed by atoms with Crippen LogP contribution >= 0.6 is 23.1 Å². The van der Waals surface area contributed by atoms with Gasteiger partial charge in [0.25, 0.3) is 0 Å². The summed E-state index contributed by atoms with van der Waals surface area (Å²) in [5, 5.41) is 15.2. The van der Waals surface area contributed by atoms with Crippen molar-refractivity contribution in [3.8, 4) is 11.5 Å². The Morgan fingerprint density at radius 3 is 2.41 bits per heavy atom. The molecule has 0 saturated heterocycles. The Balaban J connectivity index is 1.49. The first-order valence-corrected chi connectivity index (χ1v) is 11.2. The van der Waals surface area contributed by atoms with Crippen molar-refractivity contribution >= 4 is 39.8 Å². The molecule has 0 unspecified atom stereocenters. The maximum absolute atomic E-state index is 12.0. The highest BCUT2D eigenvalue weighted by atomic mass is 32.2. The quantitative estimate of drug-likeness (QED) is 0.449. The van der Waals surface area contributed by atoms with Crippen molar-refractivity contribution in [3.63, 3.8) is 0 Å². The summed E-state index contributed by atoms with van der Waals surface area (Å²) >= 11 is 2.81. The molecule has 0 aliphatic rings. The molecule has 1 atom stereocenters. The normalized spacial score (nSPS) is 11.9. The fourth-order valence-corrected chi connectivity index (χ4v) is 3.85. The average molecular weight is 429 g/mol. The van der Waals surface area contributed by atoms with Crippen LogP contribution in [0.4, 0.5) is 10.8 Å². The number of benzene rings is 2. The SMILES string of the molecule is CC(C)[C@@H](C)NC(=O)CSc1nnc(Nc2ccc(Oc3ccccc3)cc2)s1. The number of para-hydroxylation sites is 1. The Kier molecular flexibility index (Phi) is 7.48. The second-order valence-corrected chi connectivity index (χ2v) is 9.03. The number of hydrogen-bond donors (Lipinski definition) is 2. The van der Waals surface area contributed by atoms with E-state index in [0.29, 0.717) is 16.8 Å². The highest BCUT2D eigenvalue weighted by molar-refractivity contribution is 8.01. The van der Waals surface area contributed by atoms with Gasteiger partial charge in [0.15, 0.2) is 4.34 Å². The molecule has 8 heteroatoms. The zero-order valence-corrected chi connectivity index (χ0v) is 18.2. The molecule has 3 rings (SSSR count). The van der Waals surface area contributed by atoms with Gasteiger partial charge in [0.1, 0.15) is 11.5 Å². The summed E-state index contributed by atoms with van der Waals surface area (Å²) in [5.74, 6) is 2.31. The van der Waals surface area contributed by atoms with Crippen molar-refractivity contribution in [3.05, 3.63) is 54.6 Å². The van der Waals surface area contributed by atoms with Crippen LogP contribution < -0.4 is 15.4 Å². The van der Waals surface area contributed by atoms with E-state index in [0.717, 1.165) is 21.5 Å². The van der Waals surface area contributed by atoms with E-state index in [1.807, 2.05) is 61.5 Å². The van der Waals surface area contributed by atoms with E-state index in [-0.39, 0.29) is 11.9 Å². The van der Waals surface area contributed by atoms with Crippen molar-refractivity contribution in [1.29, 1.82) is 0 Å². The molecule has 6 nitrogen and oxygen atoms in total. The fraction of sp³-hybridized carbons (Fsp3) is 0.286. The fourth-order valence-electron chi connectivity index (χ4n) is 2.26. The summed E-state index contributed by atoms with van der Waals surface area (Å²) in [4.78, 5) is 12.0. The number of rotatable bonds is 9. The number of thioether (sulfide) groups is 1. The van der Waals surface area contributed by atoms with Crippen LogP contribution in [0.2, 0.25) is 0 Å². The molecule has 0 spiro atoms. The zero-order valence-electron chi connectivity index (χ0n) is 16.6. The molecule has 152 valence electrons. The molecule has 1 amide bonds. The number of ether oxygens (including phenoxy) is 1. The lowest BCUT2D eigenvalue weighted by Gasteiger charge is -2.16. The van der Waals surface area contributed by atoms with Gasteiger partial charge in [-0.05, 0) is 49.2 Å². The summed E-state index contributed by atoms with van der Waals surface area (Å²) in [5.41, 5.74) is 0.890. The molecule has 0 aliphatic carbocycles. The number of carbonyl (C=O) groups excluding carboxylic acids is 1. The lowest BCUT2D eigenvalue weighted by molar-refractivity contribution is -0.119. The molecule has 1 heterocycles. The minimum Gasteiger partial charge on any atom is -0.457 e. The maximum Gasteiger partial charge on any atom is 0.230 e. The predicted octanol–water partition coefficient (Wildman–Crippen LogP) is 5.33. The van der Waals surface area contributed by atoms with Gasteiger partial charge in [0, 0.05) is 11.7 Å². The Labute approximate surface area is 179 Å². The van der Waals surface area contributed by atoms with Crippen LogP contribution in [0, 0.1) is 5.92 Å². The van der Waals surface area contributed by atoms with E-state index < -0.39 is 0 Å². The molecule has 0 bridgehead atoms. The number of anilines is 2. The van der Waals surface area contributed by atoms with E-state index in [1.165, 1.54) is 23.1 Å². The van der Waals surface area contributed by atoms with Gasteiger partial charge in [0.05, 0.1) is 5.75 Å². The molecule has 2 N–H and O–H groups in total. The average Bonchev–Trinajstić information content (AvgIpc) is 3.16. The topological polar surface area (TPSA) is 76.1 Å². The van der Waals surface area contributed by atoms with E-state index in [1.54, 1.807) is 0 Å². The lowest BCUT2D eigenvalue weighted by atomic mass is 10.1. The van der Waals surface area contributed by atoms with Crippen LogP contribution in [0.1, 0.15) is 20.8 Å². The Hall–Kier alpha value is -2.58. The van der Waals surface area contributed by atoms with Gasteiger partial charge in [-0.1, -0.05) is 55.1 Å². The summed E-state index contributed by atoms with van der Waals surface area (Å²) < 4.78 is 6.54. The van der Waals surface area contributed by atoms with Crippen LogP contribution in [-0.2, 0) is 4.79 Å². The van der Waals surface area contributed by atoms with Gasteiger partial charge in [-0.3, -0.25) is 4.79 Å². The van der Waals surface area contributed by atoms with Crippen LogP contribution in [0.25, 0.3) is 0 Å². The molecule has 0 saturated carbocycles. The number of aromatic nitrogens is 2. The van der Waals surface area contributed by atoms with Crippen LogP contribution in [0.5, 0.6) is 11.5 Å². The minimum absolute atomic E-state index is 0.00918. The zero-order chi connectivity index (χ0) is 20.6. The molecule has 29 heavy (non-hydrogen) atoms. The Morgan fingerprint density at radius 2 is 1.72 bits per heavy atom. The highest BCUT2D eigenvalue weighted by Gasteiger charge is 2.12. The molecular formula is C21H24N4O2S2. The second-order valence-electron chi connectivity index (χ2n) is 6.83. The van der Waals surface area contributed by atoms with Crippen molar-refractivity contribution in [2.24, 2.45) is 5.92 Å². The third-order valence-electron chi connectivity index (χ3n) is 4.21. The van der Waals surface area contributed by atoms with Crippen molar-refractivity contribution in [2.75, 3.05) is 11.1 Å². The van der Waals surface area contributed by atoms with Crippen LogP contribution in [0.15, 0.2) is 58.9 Å². The maximum atomic E-state index is 12.0. The van der Waals surface area contributed by atoms with Crippen LogP contribution in [0.3, 0.4) is 0 Å². The molecule has 2 aromatic carbocycles. The summed E-state index contributed by atoms with van der Waals surface area (Å²) in [7, 11) is 0. The van der Waals surface area contributed by atoms with Crippen molar-refractivity contribution in [2.45, 2.75) is 31.2 Å². The van der Waals surface area contributed by atoms with E-state index >= 15 is 0 Å². The second kappa shape index (κ2) is 10.3. The molecule has 1 aromatic heterocycles. The van der Waals surface area contributed by atoms with Gasteiger partial charge in [-0.15, -0.1) is 10.2 Å².